The van der Waals surface area contributed by atoms with Gasteiger partial charge in [-0.2, -0.15) is 11.3 Å². The quantitative estimate of drug-likeness (QED) is 0.442. The van der Waals surface area contributed by atoms with Crippen molar-refractivity contribution in [2.45, 2.75) is 30.6 Å². The van der Waals surface area contributed by atoms with Crippen LogP contribution in [0.25, 0.3) is 22.3 Å². The third kappa shape index (κ3) is 3.70. The summed E-state index contributed by atoms with van der Waals surface area (Å²) in [5, 5.41) is 15.0. The Bertz CT molecular complexity index is 1140. The van der Waals surface area contributed by atoms with E-state index in [9.17, 15) is 4.79 Å². The highest BCUT2D eigenvalue weighted by molar-refractivity contribution is 7.99. The SMILES string of the molecule is CN(Cc1ccsc1)C(=O)CSc1nnc(-c2c[nH]c3ccccc23)n1C1CC1. The average molecular weight is 424 g/mol. The Hall–Kier alpha value is -2.58. The number of thiophene rings is 1. The Morgan fingerprint density at radius 2 is 2.17 bits per heavy atom. The minimum absolute atomic E-state index is 0.0974. The van der Waals surface area contributed by atoms with E-state index in [1.807, 2.05) is 30.8 Å². The average Bonchev–Trinajstić information content (AvgIpc) is 3.12. The van der Waals surface area contributed by atoms with Crippen LogP contribution in [-0.4, -0.2) is 43.4 Å². The third-order valence-corrected chi connectivity index (χ3v) is 6.82. The Morgan fingerprint density at radius 1 is 1.31 bits per heavy atom. The van der Waals surface area contributed by atoms with Gasteiger partial charge in [0.2, 0.25) is 5.91 Å². The highest BCUT2D eigenvalue weighted by atomic mass is 32.2. The van der Waals surface area contributed by atoms with Crippen molar-refractivity contribution in [3.8, 4) is 11.4 Å². The highest BCUT2D eigenvalue weighted by Gasteiger charge is 2.31. The van der Waals surface area contributed by atoms with Crippen molar-refractivity contribution in [3.63, 3.8) is 0 Å². The van der Waals surface area contributed by atoms with Gasteiger partial charge in [-0.1, -0.05) is 30.0 Å². The standard InChI is InChI=1S/C21H21N5OS2/c1-25(11-14-8-9-28-12-14)19(27)13-29-21-24-23-20(26(21)15-6-7-15)17-10-22-18-5-3-2-4-16(17)18/h2-5,8-10,12,15,22H,6-7,11,13H2,1H3. The van der Waals surface area contributed by atoms with Gasteiger partial charge in [0.25, 0.3) is 0 Å². The Morgan fingerprint density at radius 3 is 2.97 bits per heavy atom. The van der Waals surface area contributed by atoms with Gasteiger partial charge < -0.3 is 9.88 Å². The minimum Gasteiger partial charge on any atom is -0.360 e. The summed E-state index contributed by atoms with van der Waals surface area (Å²) in [7, 11) is 1.85. The van der Waals surface area contributed by atoms with Gasteiger partial charge in [-0.05, 0) is 41.3 Å². The lowest BCUT2D eigenvalue weighted by atomic mass is 10.1. The van der Waals surface area contributed by atoms with E-state index >= 15 is 0 Å². The van der Waals surface area contributed by atoms with Crippen LogP contribution in [0.4, 0.5) is 0 Å². The van der Waals surface area contributed by atoms with Crippen LogP contribution < -0.4 is 0 Å². The molecule has 0 atom stereocenters. The molecule has 1 aromatic carbocycles. The number of nitrogens with zero attached hydrogens (tertiary/aromatic N) is 4. The summed E-state index contributed by atoms with van der Waals surface area (Å²) < 4.78 is 2.21. The van der Waals surface area contributed by atoms with Crippen LogP contribution in [0.5, 0.6) is 0 Å². The van der Waals surface area contributed by atoms with Crippen LogP contribution in [0.2, 0.25) is 0 Å². The van der Waals surface area contributed by atoms with Crippen molar-refractivity contribution < 1.29 is 4.79 Å². The first-order valence-electron chi connectivity index (χ1n) is 9.60. The fraction of sp³-hybridized carbons (Fsp3) is 0.286. The van der Waals surface area contributed by atoms with E-state index in [1.54, 1.807) is 16.2 Å². The number of fused-ring (bicyclic) bond motifs is 1. The largest absolute Gasteiger partial charge is 0.360 e. The fourth-order valence-corrected chi connectivity index (χ4v) is 5.06. The van der Waals surface area contributed by atoms with Gasteiger partial charge in [0.1, 0.15) is 0 Å². The molecule has 0 saturated heterocycles. The second-order valence-corrected chi connectivity index (χ2v) is 9.05. The van der Waals surface area contributed by atoms with Crippen LogP contribution in [0, 0.1) is 0 Å². The fourth-order valence-electron chi connectivity index (χ4n) is 3.46. The number of amides is 1. The van der Waals surface area contributed by atoms with Crippen LogP contribution in [0.3, 0.4) is 0 Å². The molecule has 0 bridgehead atoms. The van der Waals surface area contributed by atoms with E-state index in [2.05, 4.69) is 43.3 Å². The second kappa shape index (κ2) is 7.68. The van der Waals surface area contributed by atoms with Crippen molar-refractivity contribution in [1.29, 1.82) is 0 Å². The molecule has 1 aliphatic rings. The number of nitrogens with one attached hydrogen (secondary N) is 1. The molecule has 1 N–H and O–H groups in total. The molecule has 29 heavy (non-hydrogen) atoms. The van der Waals surface area contributed by atoms with Crippen LogP contribution >= 0.6 is 23.1 Å². The predicted octanol–water partition coefficient (Wildman–Crippen LogP) is 4.57. The number of aromatic amines is 1. The Balaban J connectivity index is 1.35. The minimum atomic E-state index is 0.0974. The first-order chi connectivity index (χ1) is 14.2. The summed E-state index contributed by atoms with van der Waals surface area (Å²) >= 11 is 3.13. The third-order valence-electron chi connectivity index (χ3n) is 5.16. The van der Waals surface area contributed by atoms with Gasteiger partial charge in [0.05, 0.1) is 5.75 Å². The van der Waals surface area contributed by atoms with Gasteiger partial charge in [-0.25, -0.2) is 0 Å². The zero-order chi connectivity index (χ0) is 19.8. The van der Waals surface area contributed by atoms with E-state index in [0.717, 1.165) is 40.3 Å². The summed E-state index contributed by atoms with van der Waals surface area (Å²) in [6.07, 6.45) is 4.27. The molecule has 1 saturated carbocycles. The lowest BCUT2D eigenvalue weighted by Crippen LogP contribution is -2.27. The molecule has 3 aromatic heterocycles. The number of H-pyrrole nitrogens is 1. The summed E-state index contributed by atoms with van der Waals surface area (Å²) in [5.41, 5.74) is 3.32. The van der Waals surface area contributed by atoms with Gasteiger partial charge in [0, 0.05) is 42.3 Å². The molecule has 5 rings (SSSR count). The maximum absolute atomic E-state index is 12.6. The molecule has 0 unspecified atom stereocenters. The van der Waals surface area contributed by atoms with Crippen molar-refractivity contribution in [3.05, 3.63) is 52.9 Å². The zero-order valence-corrected chi connectivity index (χ0v) is 17.7. The molecule has 8 heteroatoms. The van der Waals surface area contributed by atoms with E-state index in [4.69, 9.17) is 0 Å². The molecular weight excluding hydrogens is 402 g/mol. The molecule has 148 valence electrons. The number of aromatic nitrogens is 4. The summed E-state index contributed by atoms with van der Waals surface area (Å²) in [6.45, 7) is 0.638. The lowest BCUT2D eigenvalue weighted by Gasteiger charge is -2.16. The van der Waals surface area contributed by atoms with Gasteiger partial charge in [0.15, 0.2) is 11.0 Å². The van der Waals surface area contributed by atoms with E-state index in [0.29, 0.717) is 18.3 Å². The molecular formula is C21H21N5OS2. The van der Waals surface area contributed by atoms with E-state index in [1.165, 1.54) is 17.3 Å². The zero-order valence-electron chi connectivity index (χ0n) is 16.0. The first-order valence-corrected chi connectivity index (χ1v) is 11.5. The van der Waals surface area contributed by atoms with Crippen molar-refractivity contribution in [2.24, 2.45) is 0 Å². The molecule has 0 spiro atoms. The van der Waals surface area contributed by atoms with E-state index < -0.39 is 0 Å². The smallest absolute Gasteiger partial charge is 0.233 e. The van der Waals surface area contributed by atoms with Crippen molar-refractivity contribution in [2.75, 3.05) is 12.8 Å². The Labute approximate surface area is 176 Å². The topological polar surface area (TPSA) is 66.8 Å². The first kappa shape index (κ1) is 18.4. The summed E-state index contributed by atoms with van der Waals surface area (Å²) in [4.78, 5) is 17.7. The number of para-hydroxylation sites is 1. The lowest BCUT2D eigenvalue weighted by molar-refractivity contribution is -0.127. The predicted molar refractivity (Wildman–Crippen MR) is 117 cm³/mol. The molecule has 0 aliphatic heterocycles. The normalized spacial score (nSPS) is 13.8. The molecule has 6 nitrogen and oxygen atoms in total. The van der Waals surface area contributed by atoms with E-state index in [-0.39, 0.29) is 5.91 Å². The van der Waals surface area contributed by atoms with Crippen LogP contribution in [0.1, 0.15) is 24.4 Å². The molecule has 1 amide bonds. The number of hydrogen-bond acceptors (Lipinski definition) is 5. The second-order valence-electron chi connectivity index (χ2n) is 7.33. The van der Waals surface area contributed by atoms with Crippen LogP contribution in [0.15, 0.2) is 52.4 Å². The monoisotopic (exact) mass is 423 g/mol. The summed E-state index contributed by atoms with van der Waals surface area (Å²) in [6, 6.07) is 10.7. The maximum Gasteiger partial charge on any atom is 0.233 e. The number of carbonyl (C=O) groups excluding carboxylic acids is 1. The molecule has 3 heterocycles. The number of rotatable bonds is 7. The molecule has 1 fully saturated rings. The van der Waals surface area contributed by atoms with Gasteiger partial charge in [-0.15, -0.1) is 10.2 Å². The molecule has 4 aromatic rings. The highest BCUT2D eigenvalue weighted by Crippen LogP contribution is 2.42. The molecule has 1 aliphatic carbocycles. The van der Waals surface area contributed by atoms with Gasteiger partial charge in [-0.3, -0.25) is 9.36 Å². The van der Waals surface area contributed by atoms with Crippen LogP contribution in [-0.2, 0) is 11.3 Å². The molecule has 0 radical (unpaired) electrons. The number of carbonyl (C=O) groups is 1. The number of hydrogen-bond donors (Lipinski definition) is 1. The van der Waals surface area contributed by atoms with Crippen molar-refractivity contribution >= 4 is 39.9 Å². The maximum atomic E-state index is 12.6. The van der Waals surface area contributed by atoms with Gasteiger partial charge >= 0.3 is 0 Å². The number of thioether (sulfide) groups is 1. The Kier molecular flexibility index (Phi) is 4.89. The summed E-state index contributed by atoms with van der Waals surface area (Å²) in [5.74, 6) is 1.34. The number of benzene rings is 1. The van der Waals surface area contributed by atoms with Crippen molar-refractivity contribution in [1.82, 2.24) is 24.6 Å².